The van der Waals surface area contributed by atoms with Gasteiger partial charge in [0.1, 0.15) is 0 Å². The number of aliphatic hydroxyl groups is 1. The summed E-state index contributed by atoms with van der Waals surface area (Å²) >= 11 is 0. The Morgan fingerprint density at radius 2 is 1.43 bits per heavy atom. The van der Waals surface area contributed by atoms with Gasteiger partial charge >= 0.3 is 5.97 Å². The zero-order valence-electron chi connectivity index (χ0n) is 11.1. The molecule has 5 nitrogen and oxygen atoms in total. The van der Waals surface area contributed by atoms with E-state index < -0.39 is 24.0 Å². The normalized spacial score (nSPS) is 13.2. The molecule has 2 rings (SSSR count). The Labute approximate surface area is 121 Å². The van der Waals surface area contributed by atoms with Gasteiger partial charge in [-0.25, -0.2) is 4.79 Å². The number of hydrogen-bond donors (Lipinski definition) is 3. The van der Waals surface area contributed by atoms with Crippen molar-refractivity contribution in [2.75, 3.05) is 0 Å². The van der Waals surface area contributed by atoms with Crippen LogP contribution in [0.5, 0.6) is 0 Å². The van der Waals surface area contributed by atoms with E-state index in [1.807, 2.05) is 0 Å². The minimum atomic E-state index is -1.72. The van der Waals surface area contributed by atoms with Gasteiger partial charge in [-0.3, -0.25) is 4.79 Å². The summed E-state index contributed by atoms with van der Waals surface area (Å²) in [5, 5.41) is 21.4. The quantitative estimate of drug-likeness (QED) is 0.779. The maximum absolute atomic E-state index is 12.1. The van der Waals surface area contributed by atoms with Crippen molar-refractivity contribution < 1.29 is 19.8 Å². The fourth-order valence-electron chi connectivity index (χ4n) is 1.96. The van der Waals surface area contributed by atoms with Gasteiger partial charge in [0, 0.05) is 5.56 Å². The zero-order valence-corrected chi connectivity index (χ0v) is 11.1. The minimum absolute atomic E-state index is 0.399. The Kier molecular flexibility index (Phi) is 4.68. The van der Waals surface area contributed by atoms with Crippen LogP contribution in [0.15, 0.2) is 60.7 Å². The monoisotopic (exact) mass is 285 g/mol. The third-order valence-electron chi connectivity index (χ3n) is 3.05. The molecule has 0 heterocycles. The van der Waals surface area contributed by atoms with E-state index in [1.165, 1.54) is 0 Å². The largest absolute Gasteiger partial charge is 0.479 e. The molecule has 21 heavy (non-hydrogen) atoms. The van der Waals surface area contributed by atoms with Crippen LogP contribution < -0.4 is 5.32 Å². The molecule has 0 fully saturated rings. The van der Waals surface area contributed by atoms with Crippen LogP contribution in [0.25, 0.3) is 0 Å². The highest BCUT2D eigenvalue weighted by Crippen LogP contribution is 2.18. The minimum Gasteiger partial charge on any atom is -0.479 e. The van der Waals surface area contributed by atoms with Gasteiger partial charge < -0.3 is 15.5 Å². The second kappa shape index (κ2) is 6.67. The van der Waals surface area contributed by atoms with E-state index in [9.17, 15) is 14.7 Å². The first kappa shape index (κ1) is 14.7. The van der Waals surface area contributed by atoms with Crippen molar-refractivity contribution in [3.8, 4) is 0 Å². The van der Waals surface area contributed by atoms with E-state index >= 15 is 0 Å². The first-order valence-electron chi connectivity index (χ1n) is 6.41. The number of carbonyl (C=O) groups excluding carboxylic acids is 1. The molecule has 108 valence electrons. The van der Waals surface area contributed by atoms with Crippen LogP contribution in [-0.4, -0.2) is 28.2 Å². The van der Waals surface area contributed by atoms with E-state index in [0.717, 1.165) is 0 Å². The molecule has 0 aliphatic carbocycles. The number of carboxylic acids is 1. The van der Waals surface area contributed by atoms with Gasteiger partial charge in [-0.1, -0.05) is 48.5 Å². The molecule has 0 bridgehead atoms. The lowest BCUT2D eigenvalue weighted by molar-refractivity contribution is -0.148. The molecule has 2 aromatic rings. The van der Waals surface area contributed by atoms with Crippen LogP contribution in [0.4, 0.5) is 0 Å². The van der Waals surface area contributed by atoms with Gasteiger partial charge in [-0.05, 0) is 17.7 Å². The van der Waals surface area contributed by atoms with Crippen molar-refractivity contribution in [1.82, 2.24) is 5.32 Å². The summed E-state index contributed by atoms with van der Waals surface area (Å²) in [5.41, 5.74) is 0.924. The third kappa shape index (κ3) is 3.67. The zero-order chi connectivity index (χ0) is 15.2. The van der Waals surface area contributed by atoms with Crippen molar-refractivity contribution in [3.63, 3.8) is 0 Å². The lowest BCUT2D eigenvalue weighted by atomic mass is 10.0. The number of hydrogen-bond acceptors (Lipinski definition) is 3. The molecule has 0 radical (unpaired) electrons. The molecule has 0 saturated carbocycles. The number of nitrogens with one attached hydrogen (secondary N) is 1. The van der Waals surface area contributed by atoms with Crippen molar-refractivity contribution in [2.24, 2.45) is 0 Å². The van der Waals surface area contributed by atoms with Crippen molar-refractivity contribution in [3.05, 3.63) is 71.8 Å². The Balaban J connectivity index is 2.25. The Morgan fingerprint density at radius 1 is 0.905 bits per heavy atom. The first-order valence-corrected chi connectivity index (χ1v) is 6.41. The summed E-state index contributed by atoms with van der Waals surface area (Å²) in [7, 11) is 0. The number of rotatable bonds is 5. The van der Waals surface area contributed by atoms with Gasteiger partial charge in [0.25, 0.3) is 5.91 Å². The molecular formula is C16H15NO4. The number of amides is 1. The second-order valence-corrected chi connectivity index (χ2v) is 4.51. The number of aliphatic carboxylic acids is 1. The SMILES string of the molecule is O=C(N[C@@H](c1ccccc1)C(O)C(=O)O)c1ccccc1. The van der Waals surface area contributed by atoms with Gasteiger partial charge in [0.05, 0.1) is 6.04 Å². The molecule has 3 N–H and O–H groups in total. The van der Waals surface area contributed by atoms with E-state index in [1.54, 1.807) is 60.7 Å². The molecule has 0 aliphatic rings. The number of carbonyl (C=O) groups is 2. The molecule has 2 atom stereocenters. The van der Waals surface area contributed by atoms with E-state index in [-0.39, 0.29) is 0 Å². The molecule has 1 amide bonds. The van der Waals surface area contributed by atoms with E-state index in [4.69, 9.17) is 5.11 Å². The van der Waals surface area contributed by atoms with Crippen molar-refractivity contribution in [1.29, 1.82) is 0 Å². The maximum Gasteiger partial charge on any atom is 0.335 e. The Morgan fingerprint density at radius 3 is 1.95 bits per heavy atom. The smallest absolute Gasteiger partial charge is 0.335 e. The highest BCUT2D eigenvalue weighted by molar-refractivity contribution is 5.94. The molecule has 0 aromatic heterocycles. The second-order valence-electron chi connectivity index (χ2n) is 4.51. The van der Waals surface area contributed by atoms with Gasteiger partial charge in [-0.15, -0.1) is 0 Å². The Hall–Kier alpha value is -2.66. The maximum atomic E-state index is 12.1. The van der Waals surface area contributed by atoms with Crippen LogP contribution >= 0.6 is 0 Å². The molecule has 5 heteroatoms. The van der Waals surface area contributed by atoms with Gasteiger partial charge in [0.2, 0.25) is 0 Å². The highest BCUT2D eigenvalue weighted by atomic mass is 16.4. The molecule has 0 aliphatic heterocycles. The average molecular weight is 285 g/mol. The van der Waals surface area contributed by atoms with Crippen LogP contribution in [0, 0.1) is 0 Å². The molecule has 1 unspecified atom stereocenters. The molecular weight excluding hydrogens is 270 g/mol. The number of benzene rings is 2. The summed E-state index contributed by atoms with van der Waals surface area (Å²) in [6.07, 6.45) is -1.72. The summed E-state index contributed by atoms with van der Waals surface area (Å²) < 4.78 is 0. The molecule has 0 saturated heterocycles. The highest BCUT2D eigenvalue weighted by Gasteiger charge is 2.28. The fraction of sp³-hybridized carbons (Fsp3) is 0.125. The summed E-state index contributed by atoms with van der Waals surface area (Å²) in [6.45, 7) is 0. The average Bonchev–Trinajstić information content (AvgIpc) is 2.53. The van der Waals surface area contributed by atoms with Crippen LogP contribution in [0.2, 0.25) is 0 Å². The van der Waals surface area contributed by atoms with Crippen molar-refractivity contribution >= 4 is 11.9 Å². The molecule has 2 aromatic carbocycles. The van der Waals surface area contributed by atoms with Crippen molar-refractivity contribution in [2.45, 2.75) is 12.1 Å². The van der Waals surface area contributed by atoms with Gasteiger partial charge in [0.15, 0.2) is 6.10 Å². The number of carboxylic acid groups (broad SMARTS) is 1. The number of aliphatic hydroxyl groups excluding tert-OH is 1. The third-order valence-corrected chi connectivity index (χ3v) is 3.05. The lowest BCUT2D eigenvalue weighted by Crippen LogP contribution is -2.40. The molecule has 0 spiro atoms. The predicted octanol–water partition coefficient (Wildman–Crippen LogP) is 1.60. The van der Waals surface area contributed by atoms with Crippen LogP contribution in [0.1, 0.15) is 22.0 Å². The van der Waals surface area contributed by atoms with Crippen LogP contribution in [-0.2, 0) is 4.79 Å². The van der Waals surface area contributed by atoms with E-state index in [0.29, 0.717) is 11.1 Å². The topological polar surface area (TPSA) is 86.6 Å². The summed E-state index contributed by atoms with van der Waals surface area (Å²) in [5.74, 6) is -1.83. The predicted molar refractivity (Wildman–Crippen MR) is 76.7 cm³/mol. The standard InChI is InChI=1S/C16H15NO4/c18-14(16(20)21)13(11-7-3-1-4-8-11)17-15(19)12-9-5-2-6-10-12/h1-10,13-14,18H,(H,17,19)(H,20,21)/t13-,14?/m0/s1. The summed E-state index contributed by atoms with van der Waals surface area (Å²) in [6, 6.07) is 15.9. The van der Waals surface area contributed by atoms with Gasteiger partial charge in [-0.2, -0.15) is 0 Å². The van der Waals surface area contributed by atoms with Crippen LogP contribution in [0.3, 0.4) is 0 Å². The fourth-order valence-corrected chi connectivity index (χ4v) is 1.96. The summed E-state index contributed by atoms with van der Waals surface area (Å²) in [4.78, 5) is 23.2. The van der Waals surface area contributed by atoms with E-state index in [2.05, 4.69) is 5.32 Å². The Bertz CT molecular complexity index is 613. The first-order chi connectivity index (χ1) is 10.1. The lowest BCUT2D eigenvalue weighted by Gasteiger charge is -2.22.